The molecule has 5 nitrogen and oxygen atoms in total. The Kier molecular flexibility index (Phi) is 3.76. The minimum atomic E-state index is -0.196. The van der Waals surface area contributed by atoms with E-state index >= 15 is 0 Å². The smallest absolute Gasteiger partial charge is 0.206 e. The summed E-state index contributed by atoms with van der Waals surface area (Å²) in [6.07, 6.45) is 0. The first kappa shape index (κ1) is 14.1. The van der Waals surface area contributed by atoms with Gasteiger partial charge in [0.2, 0.25) is 5.78 Å². The number of ether oxygens (including phenoxy) is 1. The molecule has 3 rings (SSSR count). The molecule has 3 aromatic rings. The van der Waals surface area contributed by atoms with Crippen molar-refractivity contribution in [3.63, 3.8) is 0 Å². The van der Waals surface area contributed by atoms with Gasteiger partial charge in [-0.3, -0.25) is 4.79 Å². The maximum atomic E-state index is 12.3. The summed E-state index contributed by atoms with van der Waals surface area (Å²) in [6, 6.07) is 16.3. The predicted molar refractivity (Wildman–Crippen MR) is 87.3 cm³/mol. The van der Waals surface area contributed by atoms with Crippen LogP contribution in [0, 0.1) is 0 Å². The molecular formula is C16H13N3O2S. The van der Waals surface area contributed by atoms with Crippen molar-refractivity contribution in [3.05, 3.63) is 65.0 Å². The number of ketones is 1. The average Bonchev–Trinajstić information content (AvgIpc) is 2.87. The maximum Gasteiger partial charge on any atom is 0.206 e. The van der Waals surface area contributed by atoms with E-state index in [-0.39, 0.29) is 16.7 Å². The fraction of sp³-hybridized carbons (Fsp3) is 0. The average molecular weight is 311 g/mol. The number of anilines is 2. The van der Waals surface area contributed by atoms with Crippen molar-refractivity contribution in [2.45, 2.75) is 0 Å². The van der Waals surface area contributed by atoms with Crippen LogP contribution >= 0.6 is 11.3 Å². The summed E-state index contributed by atoms with van der Waals surface area (Å²) < 4.78 is 5.68. The first-order chi connectivity index (χ1) is 10.6. The molecule has 0 unspecified atom stereocenters. The van der Waals surface area contributed by atoms with E-state index in [0.717, 1.165) is 17.1 Å². The highest BCUT2D eigenvalue weighted by Crippen LogP contribution is 2.27. The van der Waals surface area contributed by atoms with Gasteiger partial charge in [0, 0.05) is 5.56 Å². The van der Waals surface area contributed by atoms with Gasteiger partial charge in [-0.15, -0.1) is 0 Å². The molecule has 0 spiro atoms. The number of nitrogens with zero attached hydrogens (tertiary/aromatic N) is 1. The summed E-state index contributed by atoms with van der Waals surface area (Å²) in [6.45, 7) is 0. The molecule has 0 atom stereocenters. The number of hydrogen-bond donors (Lipinski definition) is 2. The first-order valence-corrected chi connectivity index (χ1v) is 7.34. The van der Waals surface area contributed by atoms with Crippen molar-refractivity contribution in [2.24, 2.45) is 0 Å². The Morgan fingerprint density at radius 1 is 0.955 bits per heavy atom. The fourth-order valence-corrected chi connectivity index (χ4v) is 2.66. The second-order valence-corrected chi connectivity index (χ2v) is 5.57. The molecule has 1 heterocycles. The summed E-state index contributed by atoms with van der Waals surface area (Å²) in [5, 5.41) is 0.282. The molecule has 4 N–H and O–H groups in total. The zero-order valence-electron chi connectivity index (χ0n) is 11.5. The van der Waals surface area contributed by atoms with E-state index < -0.39 is 0 Å². The zero-order valence-corrected chi connectivity index (χ0v) is 12.3. The third-order valence-corrected chi connectivity index (χ3v) is 3.87. The number of nitrogen functional groups attached to an aromatic ring is 2. The number of nitrogens with two attached hydrogens (primary N) is 2. The summed E-state index contributed by atoms with van der Waals surface area (Å²) in [7, 11) is 0. The van der Waals surface area contributed by atoms with Crippen molar-refractivity contribution >= 4 is 28.1 Å². The van der Waals surface area contributed by atoms with E-state index in [4.69, 9.17) is 16.2 Å². The van der Waals surface area contributed by atoms with Crippen LogP contribution in [0.4, 0.5) is 10.9 Å². The second kappa shape index (κ2) is 5.87. The first-order valence-electron chi connectivity index (χ1n) is 6.53. The van der Waals surface area contributed by atoms with Gasteiger partial charge in [0.05, 0.1) is 0 Å². The van der Waals surface area contributed by atoms with Crippen LogP contribution in [-0.4, -0.2) is 10.8 Å². The molecule has 0 aliphatic rings. The van der Waals surface area contributed by atoms with Crippen molar-refractivity contribution in [1.82, 2.24) is 4.98 Å². The quantitative estimate of drug-likeness (QED) is 0.721. The highest BCUT2D eigenvalue weighted by atomic mass is 32.1. The number of aromatic nitrogens is 1. The van der Waals surface area contributed by atoms with Gasteiger partial charge < -0.3 is 16.2 Å². The Hall–Kier alpha value is -2.86. The second-order valence-electron chi connectivity index (χ2n) is 4.54. The molecule has 6 heteroatoms. The SMILES string of the molecule is Nc1nc(N)c(C(=O)c2ccc(Oc3ccccc3)cc2)s1. The number of carbonyl (C=O) groups excluding carboxylic acids is 1. The van der Waals surface area contributed by atoms with E-state index in [9.17, 15) is 4.79 Å². The van der Waals surface area contributed by atoms with E-state index in [0.29, 0.717) is 16.2 Å². The standard InChI is InChI=1S/C16H13N3O2S/c17-15-14(22-16(18)19-15)13(20)10-6-8-12(9-7-10)21-11-4-2-1-3-5-11/h1-9H,17H2,(H2,18,19). The number of hydrogen-bond acceptors (Lipinski definition) is 6. The molecule has 0 aliphatic carbocycles. The zero-order chi connectivity index (χ0) is 15.5. The Morgan fingerprint density at radius 2 is 1.59 bits per heavy atom. The molecule has 0 fully saturated rings. The Balaban J connectivity index is 1.79. The Bertz CT molecular complexity index is 798. The molecule has 2 aromatic carbocycles. The molecular weight excluding hydrogens is 298 g/mol. The van der Waals surface area contributed by atoms with Crippen molar-refractivity contribution < 1.29 is 9.53 Å². The maximum absolute atomic E-state index is 12.3. The third-order valence-electron chi connectivity index (χ3n) is 2.97. The van der Waals surface area contributed by atoms with Gasteiger partial charge in [0.1, 0.15) is 22.2 Å². The van der Waals surface area contributed by atoms with Crippen LogP contribution < -0.4 is 16.2 Å². The van der Waals surface area contributed by atoms with E-state index in [2.05, 4.69) is 4.98 Å². The molecule has 0 saturated heterocycles. The molecule has 0 radical (unpaired) electrons. The van der Waals surface area contributed by atoms with Crippen LogP contribution in [0.5, 0.6) is 11.5 Å². The molecule has 1 aromatic heterocycles. The molecule has 0 aliphatic heterocycles. The minimum Gasteiger partial charge on any atom is -0.457 e. The topological polar surface area (TPSA) is 91.2 Å². The van der Waals surface area contributed by atoms with E-state index in [1.165, 1.54) is 0 Å². The van der Waals surface area contributed by atoms with Gasteiger partial charge >= 0.3 is 0 Å². The van der Waals surface area contributed by atoms with Crippen LogP contribution in [0.1, 0.15) is 15.2 Å². The summed E-state index contributed by atoms with van der Waals surface area (Å²) in [4.78, 5) is 16.6. The van der Waals surface area contributed by atoms with Gasteiger partial charge in [-0.05, 0) is 36.4 Å². The van der Waals surface area contributed by atoms with Crippen LogP contribution in [0.15, 0.2) is 54.6 Å². The lowest BCUT2D eigenvalue weighted by atomic mass is 10.1. The lowest BCUT2D eigenvalue weighted by Gasteiger charge is -2.06. The lowest BCUT2D eigenvalue weighted by molar-refractivity contribution is 0.104. The molecule has 110 valence electrons. The fourth-order valence-electron chi connectivity index (χ4n) is 1.94. The summed E-state index contributed by atoms with van der Waals surface area (Å²) >= 11 is 1.08. The number of rotatable bonds is 4. The van der Waals surface area contributed by atoms with Crippen LogP contribution in [-0.2, 0) is 0 Å². The molecule has 0 amide bonds. The van der Waals surface area contributed by atoms with Gasteiger partial charge in [-0.25, -0.2) is 4.98 Å². The van der Waals surface area contributed by atoms with Crippen molar-refractivity contribution in [1.29, 1.82) is 0 Å². The number of benzene rings is 2. The minimum absolute atomic E-state index is 0.164. The van der Waals surface area contributed by atoms with Crippen molar-refractivity contribution in [3.8, 4) is 11.5 Å². The van der Waals surface area contributed by atoms with Crippen molar-refractivity contribution in [2.75, 3.05) is 11.5 Å². The largest absolute Gasteiger partial charge is 0.457 e. The summed E-state index contributed by atoms with van der Waals surface area (Å²) in [5.41, 5.74) is 11.8. The molecule has 0 saturated carbocycles. The summed E-state index contributed by atoms with van der Waals surface area (Å²) in [5.74, 6) is 1.36. The van der Waals surface area contributed by atoms with Crippen LogP contribution in [0.25, 0.3) is 0 Å². The van der Waals surface area contributed by atoms with Gasteiger partial charge in [-0.2, -0.15) is 0 Å². The van der Waals surface area contributed by atoms with Gasteiger partial charge in [0.25, 0.3) is 0 Å². The Labute approximate surface area is 131 Å². The Morgan fingerprint density at radius 3 is 2.18 bits per heavy atom. The molecule has 0 bridgehead atoms. The normalized spacial score (nSPS) is 10.4. The molecule has 22 heavy (non-hydrogen) atoms. The number of carbonyl (C=O) groups is 1. The lowest BCUT2D eigenvalue weighted by Crippen LogP contribution is -2.02. The van der Waals surface area contributed by atoms with Gasteiger partial charge in [-0.1, -0.05) is 29.5 Å². The predicted octanol–water partition coefficient (Wildman–Crippen LogP) is 3.33. The van der Waals surface area contributed by atoms with E-state index in [1.807, 2.05) is 30.3 Å². The number of para-hydroxylation sites is 1. The highest BCUT2D eigenvalue weighted by molar-refractivity contribution is 7.18. The third kappa shape index (κ3) is 2.91. The van der Waals surface area contributed by atoms with Gasteiger partial charge in [0.15, 0.2) is 5.13 Å². The van der Waals surface area contributed by atoms with Crippen LogP contribution in [0.3, 0.4) is 0 Å². The van der Waals surface area contributed by atoms with E-state index in [1.54, 1.807) is 24.3 Å². The van der Waals surface area contributed by atoms with Crippen LogP contribution in [0.2, 0.25) is 0 Å². The monoisotopic (exact) mass is 311 g/mol. The number of thiazole rings is 1. The highest BCUT2D eigenvalue weighted by Gasteiger charge is 2.17.